The van der Waals surface area contributed by atoms with Crippen molar-refractivity contribution < 1.29 is 53.4 Å². The van der Waals surface area contributed by atoms with Crippen LogP contribution in [0.1, 0.15) is 0 Å². The summed E-state index contributed by atoms with van der Waals surface area (Å²) in [5.74, 6) is -15.1. The molecular weight excluding hydrogens is 294 g/mol. The molecule has 106 valence electrons. The van der Waals surface area contributed by atoms with Gasteiger partial charge >= 0.3 is 36.1 Å². The second-order valence-corrected chi connectivity index (χ2v) is 2.94. The van der Waals surface area contributed by atoms with Crippen molar-refractivity contribution in [3.8, 4) is 0 Å². The fourth-order valence-corrected chi connectivity index (χ4v) is 0.965. The lowest BCUT2D eigenvalue weighted by Crippen LogP contribution is -2.62. The Morgan fingerprint density at radius 1 is 0.778 bits per heavy atom. The Labute approximate surface area is 90.8 Å². The smallest absolute Gasteiger partial charge is 0.409 e. The molecule has 0 amide bonds. The van der Waals surface area contributed by atoms with Gasteiger partial charge < -0.3 is 9.47 Å². The third-order valence-corrected chi connectivity index (χ3v) is 1.76. The third kappa shape index (κ3) is 1.73. The van der Waals surface area contributed by atoms with Crippen LogP contribution in [-0.4, -0.2) is 24.1 Å². The minimum Gasteiger partial charge on any atom is -0.409 e. The normalized spacial score (nSPS) is 33.1. The van der Waals surface area contributed by atoms with E-state index < -0.39 is 36.1 Å². The Hall–Kier alpha value is -1.36. The number of ether oxygens (including phenoxy) is 2. The second kappa shape index (κ2) is 3.57. The summed E-state index contributed by atoms with van der Waals surface area (Å²) >= 11 is 0. The first kappa shape index (κ1) is 14.7. The minimum atomic E-state index is -6.60. The lowest BCUT2D eigenvalue weighted by atomic mass is 10.1. The molecule has 1 aliphatic heterocycles. The molecule has 0 N–H and O–H groups in total. The highest BCUT2D eigenvalue weighted by molar-refractivity contribution is 5.08. The average molecular weight is 294 g/mol. The molecule has 0 spiro atoms. The molecule has 18 heavy (non-hydrogen) atoms. The number of hydrogen-bond acceptors (Lipinski definition) is 2. The van der Waals surface area contributed by atoms with Crippen molar-refractivity contribution in [3.63, 3.8) is 0 Å². The highest BCUT2D eigenvalue weighted by Gasteiger charge is 2.88. The van der Waals surface area contributed by atoms with Gasteiger partial charge in [0, 0.05) is 0 Å². The quantitative estimate of drug-likeness (QED) is 0.636. The Bertz CT molecular complexity index is 349. The van der Waals surface area contributed by atoms with Crippen LogP contribution in [0.25, 0.3) is 0 Å². The fraction of sp³-hybridized carbons (Fsp3) is 0.667. The zero-order valence-electron chi connectivity index (χ0n) is 7.60. The Kier molecular flexibility index (Phi) is 2.92. The molecular formula is C6F10O2. The second-order valence-electron chi connectivity index (χ2n) is 2.94. The molecule has 1 rings (SSSR count). The van der Waals surface area contributed by atoms with Crippen molar-refractivity contribution >= 4 is 0 Å². The van der Waals surface area contributed by atoms with Crippen LogP contribution in [0.15, 0.2) is 12.0 Å². The number of hydrogen-bond donors (Lipinski definition) is 0. The first-order valence-corrected chi connectivity index (χ1v) is 3.71. The summed E-state index contributed by atoms with van der Waals surface area (Å²) in [5.41, 5.74) is 0. The molecule has 1 fully saturated rings. The Morgan fingerprint density at radius 3 is 1.22 bits per heavy atom. The lowest BCUT2D eigenvalue weighted by Gasteiger charge is -2.30. The van der Waals surface area contributed by atoms with Crippen LogP contribution >= 0.6 is 0 Å². The van der Waals surface area contributed by atoms with Crippen LogP contribution in [0, 0.1) is 0 Å². The molecule has 2 nitrogen and oxygen atoms in total. The maximum atomic E-state index is 13.0. The van der Waals surface area contributed by atoms with Gasteiger partial charge in [-0.3, -0.25) is 0 Å². The van der Waals surface area contributed by atoms with Gasteiger partial charge in [-0.25, -0.2) is 0 Å². The molecule has 0 aromatic rings. The molecule has 0 saturated carbocycles. The van der Waals surface area contributed by atoms with Crippen LogP contribution in [0.5, 0.6) is 0 Å². The third-order valence-electron chi connectivity index (χ3n) is 1.76. The Morgan fingerprint density at radius 2 is 1.06 bits per heavy atom. The summed E-state index contributed by atoms with van der Waals surface area (Å²) in [6.45, 7) is 0. The van der Waals surface area contributed by atoms with E-state index in [1.807, 2.05) is 0 Å². The van der Waals surface area contributed by atoms with Crippen LogP contribution in [0.4, 0.5) is 43.9 Å². The van der Waals surface area contributed by atoms with Gasteiger partial charge in [0.15, 0.2) is 0 Å². The van der Waals surface area contributed by atoms with E-state index in [0.717, 1.165) is 0 Å². The average Bonchev–Trinajstić information content (AvgIpc) is 2.39. The molecule has 0 aromatic carbocycles. The monoisotopic (exact) mass is 294 g/mol. The van der Waals surface area contributed by atoms with Crippen LogP contribution in [0.3, 0.4) is 0 Å². The molecule has 1 heterocycles. The highest BCUT2D eigenvalue weighted by atomic mass is 19.4. The van der Waals surface area contributed by atoms with Crippen molar-refractivity contribution in [1.82, 2.24) is 0 Å². The van der Waals surface area contributed by atoms with E-state index >= 15 is 0 Å². The first-order chi connectivity index (χ1) is 7.76. The summed E-state index contributed by atoms with van der Waals surface area (Å²) < 4.78 is 127. The van der Waals surface area contributed by atoms with E-state index in [0.29, 0.717) is 0 Å². The summed E-state index contributed by atoms with van der Waals surface area (Å²) in [6, 6.07) is 0. The lowest BCUT2D eigenvalue weighted by molar-refractivity contribution is -0.422. The summed E-state index contributed by atoms with van der Waals surface area (Å²) in [4.78, 5) is 0. The summed E-state index contributed by atoms with van der Waals surface area (Å²) in [6.07, 6.45) is -16.6. The topological polar surface area (TPSA) is 18.5 Å². The van der Waals surface area contributed by atoms with Crippen molar-refractivity contribution in [2.45, 2.75) is 24.1 Å². The molecule has 0 radical (unpaired) electrons. The molecule has 1 saturated heterocycles. The zero-order chi connectivity index (χ0) is 14.6. The Balaban J connectivity index is 3.44. The zero-order valence-corrected chi connectivity index (χ0v) is 7.60. The van der Waals surface area contributed by atoms with E-state index in [-0.39, 0.29) is 0 Å². The van der Waals surface area contributed by atoms with Crippen molar-refractivity contribution in [3.05, 3.63) is 12.0 Å². The molecule has 0 aromatic heterocycles. The van der Waals surface area contributed by atoms with Crippen molar-refractivity contribution in [1.29, 1.82) is 0 Å². The molecule has 0 bridgehead atoms. The van der Waals surface area contributed by atoms with Gasteiger partial charge in [-0.1, -0.05) is 0 Å². The van der Waals surface area contributed by atoms with E-state index in [9.17, 15) is 43.9 Å². The van der Waals surface area contributed by atoms with E-state index in [2.05, 4.69) is 9.47 Å². The van der Waals surface area contributed by atoms with Gasteiger partial charge in [0.1, 0.15) is 0 Å². The fourth-order valence-electron chi connectivity index (χ4n) is 0.965. The number of halogens is 10. The predicted octanol–water partition coefficient (Wildman–Crippen LogP) is 3.55. The highest BCUT2D eigenvalue weighted by Crippen LogP contribution is 2.58. The van der Waals surface area contributed by atoms with E-state index in [1.54, 1.807) is 0 Å². The molecule has 2 atom stereocenters. The maximum Gasteiger partial charge on any atom is 0.468 e. The minimum absolute atomic E-state index is 2.64. The van der Waals surface area contributed by atoms with Gasteiger partial charge in [-0.15, -0.1) is 0 Å². The van der Waals surface area contributed by atoms with Crippen LogP contribution in [-0.2, 0) is 9.47 Å². The van der Waals surface area contributed by atoms with Crippen LogP contribution in [0.2, 0.25) is 0 Å². The van der Waals surface area contributed by atoms with E-state index in [4.69, 9.17) is 0 Å². The van der Waals surface area contributed by atoms with Gasteiger partial charge in [0.25, 0.3) is 0 Å². The summed E-state index contributed by atoms with van der Waals surface area (Å²) in [7, 11) is 0. The molecule has 0 unspecified atom stereocenters. The maximum absolute atomic E-state index is 13.0. The number of rotatable bonds is 0. The van der Waals surface area contributed by atoms with Gasteiger partial charge in [-0.05, 0) is 0 Å². The van der Waals surface area contributed by atoms with Gasteiger partial charge in [0.05, 0.1) is 0 Å². The molecule has 1 aliphatic rings. The molecule has 12 heteroatoms. The SMILES string of the molecule is FC(F)=C1O[C@@](F)(C(F)(F)F)[C@@](F)(C(F)(F)F)O1. The molecule has 0 aliphatic carbocycles. The number of alkyl halides is 8. The van der Waals surface area contributed by atoms with Crippen LogP contribution < -0.4 is 0 Å². The van der Waals surface area contributed by atoms with E-state index in [1.165, 1.54) is 0 Å². The summed E-state index contributed by atoms with van der Waals surface area (Å²) in [5, 5.41) is 0. The van der Waals surface area contributed by atoms with Gasteiger partial charge in [-0.2, -0.15) is 43.9 Å². The predicted molar refractivity (Wildman–Crippen MR) is 31.2 cm³/mol. The first-order valence-electron chi connectivity index (χ1n) is 3.71. The van der Waals surface area contributed by atoms with Crippen molar-refractivity contribution in [2.75, 3.05) is 0 Å². The van der Waals surface area contributed by atoms with Gasteiger partial charge in [0.2, 0.25) is 0 Å². The standard InChI is InChI=1S/C6F10O2/c7-1(8)2-17-3(9,5(11,12)13)4(10,18-2)6(14,15)16/t3-,4+. The largest absolute Gasteiger partial charge is 0.468 e. The van der Waals surface area contributed by atoms with Crippen molar-refractivity contribution in [2.24, 2.45) is 0 Å².